The second kappa shape index (κ2) is 6.30. The Morgan fingerprint density at radius 1 is 1.38 bits per heavy atom. The number of allylic oxidation sites excluding steroid dienone is 3. The number of aliphatic hydroxyl groups is 1. The first-order valence-electron chi connectivity index (χ1n) is 4.79. The summed E-state index contributed by atoms with van der Waals surface area (Å²) in [5.41, 5.74) is 0.238. The quantitative estimate of drug-likeness (QED) is 0.519. The molecular weight excluding hydrogens is 226 g/mol. The predicted octanol–water partition coefficient (Wildman–Crippen LogP) is 0.407. The van der Waals surface area contributed by atoms with Gasteiger partial charge < -0.3 is 10.4 Å². The molecule has 1 aliphatic carbocycles. The molecule has 0 aromatic heterocycles. The second-order valence-electron chi connectivity index (χ2n) is 3.05. The normalized spacial score (nSPS) is 15.6. The summed E-state index contributed by atoms with van der Waals surface area (Å²) in [4.78, 5) is 23.5. The first-order chi connectivity index (χ1) is 7.69. The van der Waals surface area contributed by atoms with Crippen LogP contribution in [0.2, 0.25) is 0 Å². The molecule has 0 aromatic carbocycles. The SMILES string of the molecule is C=CCSC1=CC(=O)C(NCCO)=CC1=O. The molecule has 0 bridgehead atoms. The minimum atomic E-state index is -0.236. The molecular formula is C11H13NO3S. The van der Waals surface area contributed by atoms with E-state index in [9.17, 15) is 9.59 Å². The number of carbonyl (C=O) groups excluding carboxylic acids is 2. The Bertz CT molecular complexity index is 371. The molecule has 0 unspecified atom stereocenters. The molecule has 86 valence electrons. The molecule has 0 spiro atoms. The Morgan fingerprint density at radius 2 is 2.12 bits per heavy atom. The summed E-state index contributed by atoms with van der Waals surface area (Å²) in [6.07, 6.45) is 4.26. The van der Waals surface area contributed by atoms with E-state index in [1.165, 1.54) is 23.9 Å². The van der Waals surface area contributed by atoms with Crippen LogP contribution in [0.1, 0.15) is 0 Å². The van der Waals surface area contributed by atoms with E-state index in [-0.39, 0.29) is 30.4 Å². The molecule has 0 heterocycles. The van der Waals surface area contributed by atoms with Crippen molar-refractivity contribution in [2.24, 2.45) is 0 Å². The Morgan fingerprint density at radius 3 is 2.75 bits per heavy atom. The van der Waals surface area contributed by atoms with E-state index < -0.39 is 0 Å². The Kier molecular flexibility index (Phi) is 5.01. The molecule has 2 N–H and O–H groups in total. The van der Waals surface area contributed by atoms with Gasteiger partial charge in [-0.25, -0.2) is 0 Å². The fourth-order valence-electron chi connectivity index (χ4n) is 1.13. The lowest BCUT2D eigenvalue weighted by Gasteiger charge is -2.12. The maximum absolute atomic E-state index is 11.6. The third-order valence-electron chi connectivity index (χ3n) is 1.83. The maximum atomic E-state index is 11.6. The van der Waals surface area contributed by atoms with E-state index in [0.29, 0.717) is 10.7 Å². The second-order valence-corrected chi connectivity index (χ2v) is 4.11. The Labute approximate surface area is 98.1 Å². The number of aliphatic hydroxyl groups excluding tert-OH is 1. The third kappa shape index (κ3) is 3.36. The van der Waals surface area contributed by atoms with E-state index in [1.54, 1.807) is 6.08 Å². The lowest BCUT2D eigenvalue weighted by Crippen LogP contribution is -2.26. The van der Waals surface area contributed by atoms with Gasteiger partial charge in [0, 0.05) is 24.4 Å². The molecule has 0 saturated carbocycles. The fourth-order valence-corrected chi connectivity index (χ4v) is 1.82. The van der Waals surface area contributed by atoms with Crippen molar-refractivity contribution in [1.82, 2.24) is 5.32 Å². The molecule has 1 aliphatic rings. The van der Waals surface area contributed by atoms with Crippen LogP contribution in [0.3, 0.4) is 0 Å². The van der Waals surface area contributed by atoms with Crippen molar-refractivity contribution in [2.75, 3.05) is 18.9 Å². The van der Waals surface area contributed by atoms with Crippen LogP contribution in [0.4, 0.5) is 0 Å². The van der Waals surface area contributed by atoms with Gasteiger partial charge in [-0.2, -0.15) is 0 Å². The summed E-state index contributed by atoms with van der Waals surface area (Å²) in [7, 11) is 0. The summed E-state index contributed by atoms with van der Waals surface area (Å²) in [6.45, 7) is 3.72. The van der Waals surface area contributed by atoms with Gasteiger partial charge in [-0.3, -0.25) is 9.59 Å². The number of nitrogens with one attached hydrogen (secondary N) is 1. The van der Waals surface area contributed by atoms with Crippen molar-refractivity contribution in [3.8, 4) is 0 Å². The summed E-state index contributed by atoms with van der Waals surface area (Å²) in [6, 6.07) is 0. The number of hydrogen-bond acceptors (Lipinski definition) is 5. The summed E-state index contributed by atoms with van der Waals surface area (Å²) in [5, 5.41) is 11.3. The number of thioether (sulfide) groups is 1. The largest absolute Gasteiger partial charge is 0.395 e. The van der Waals surface area contributed by atoms with Crippen LogP contribution in [-0.2, 0) is 9.59 Å². The number of carbonyl (C=O) groups is 2. The fraction of sp³-hybridized carbons (Fsp3) is 0.273. The summed E-state index contributed by atoms with van der Waals surface area (Å²) >= 11 is 1.29. The highest BCUT2D eigenvalue weighted by Gasteiger charge is 2.19. The topological polar surface area (TPSA) is 66.4 Å². The lowest BCUT2D eigenvalue weighted by molar-refractivity contribution is -0.115. The molecule has 4 nitrogen and oxygen atoms in total. The van der Waals surface area contributed by atoms with Gasteiger partial charge in [-0.15, -0.1) is 18.3 Å². The Hall–Kier alpha value is -1.33. The zero-order valence-corrected chi connectivity index (χ0v) is 9.55. The summed E-state index contributed by atoms with van der Waals surface area (Å²) < 4.78 is 0. The molecule has 0 fully saturated rings. The number of rotatable bonds is 6. The van der Waals surface area contributed by atoms with Gasteiger partial charge >= 0.3 is 0 Å². The van der Waals surface area contributed by atoms with Crippen molar-refractivity contribution in [1.29, 1.82) is 0 Å². The van der Waals surface area contributed by atoms with Crippen molar-refractivity contribution < 1.29 is 14.7 Å². The number of ketones is 2. The van der Waals surface area contributed by atoms with Crippen molar-refractivity contribution in [3.63, 3.8) is 0 Å². The predicted molar refractivity (Wildman–Crippen MR) is 63.9 cm³/mol. The van der Waals surface area contributed by atoms with Crippen molar-refractivity contribution in [3.05, 3.63) is 35.4 Å². The van der Waals surface area contributed by atoms with Crippen LogP contribution in [0.5, 0.6) is 0 Å². The van der Waals surface area contributed by atoms with Crippen LogP contribution < -0.4 is 5.32 Å². The van der Waals surface area contributed by atoms with Gasteiger partial charge in [0.25, 0.3) is 0 Å². The first kappa shape index (κ1) is 12.7. The smallest absolute Gasteiger partial charge is 0.203 e. The lowest BCUT2D eigenvalue weighted by atomic mass is 10.1. The van der Waals surface area contributed by atoms with Gasteiger partial charge in [0.15, 0.2) is 5.78 Å². The summed E-state index contributed by atoms with van der Waals surface area (Å²) in [5.74, 6) is 0.171. The average molecular weight is 239 g/mol. The molecule has 0 aliphatic heterocycles. The average Bonchev–Trinajstić information content (AvgIpc) is 2.28. The minimum Gasteiger partial charge on any atom is -0.395 e. The zero-order valence-electron chi connectivity index (χ0n) is 8.73. The van der Waals surface area contributed by atoms with Gasteiger partial charge in [0.2, 0.25) is 5.78 Å². The van der Waals surface area contributed by atoms with Crippen LogP contribution in [-0.4, -0.2) is 35.6 Å². The van der Waals surface area contributed by atoms with Gasteiger partial charge in [0.1, 0.15) is 0 Å². The van der Waals surface area contributed by atoms with Crippen LogP contribution in [0, 0.1) is 0 Å². The molecule has 5 heteroatoms. The highest BCUT2D eigenvalue weighted by molar-refractivity contribution is 8.04. The van der Waals surface area contributed by atoms with E-state index in [0.717, 1.165) is 0 Å². The van der Waals surface area contributed by atoms with Crippen molar-refractivity contribution in [2.45, 2.75) is 0 Å². The van der Waals surface area contributed by atoms with E-state index in [1.807, 2.05) is 0 Å². The van der Waals surface area contributed by atoms with E-state index in [2.05, 4.69) is 11.9 Å². The molecule has 0 saturated heterocycles. The monoisotopic (exact) mass is 239 g/mol. The van der Waals surface area contributed by atoms with E-state index in [4.69, 9.17) is 5.11 Å². The molecule has 16 heavy (non-hydrogen) atoms. The Balaban J connectivity index is 2.67. The van der Waals surface area contributed by atoms with E-state index >= 15 is 0 Å². The highest BCUT2D eigenvalue weighted by atomic mass is 32.2. The van der Waals surface area contributed by atoms with Gasteiger partial charge in [-0.1, -0.05) is 6.08 Å². The standard InChI is InChI=1S/C11H13NO3S/c1-2-5-16-11-7-9(14)8(6-10(11)15)12-3-4-13/h2,6-7,12-13H,1,3-5H2. The van der Waals surface area contributed by atoms with Gasteiger partial charge in [0.05, 0.1) is 17.2 Å². The molecule has 0 amide bonds. The number of hydrogen-bond donors (Lipinski definition) is 2. The first-order valence-corrected chi connectivity index (χ1v) is 5.78. The molecule has 0 aromatic rings. The highest BCUT2D eigenvalue weighted by Crippen LogP contribution is 2.21. The van der Waals surface area contributed by atoms with Crippen LogP contribution >= 0.6 is 11.8 Å². The maximum Gasteiger partial charge on any atom is 0.203 e. The zero-order chi connectivity index (χ0) is 12.0. The minimum absolute atomic E-state index is 0.0827. The molecule has 1 rings (SSSR count). The molecule has 0 atom stereocenters. The van der Waals surface area contributed by atoms with Crippen molar-refractivity contribution >= 4 is 23.3 Å². The van der Waals surface area contributed by atoms with Gasteiger partial charge in [-0.05, 0) is 0 Å². The molecule has 0 radical (unpaired) electrons. The van der Waals surface area contributed by atoms with Crippen LogP contribution in [0.15, 0.2) is 35.4 Å². The van der Waals surface area contributed by atoms with Crippen LogP contribution in [0.25, 0.3) is 0 Å². The third-order valence-corrected chi connectivity index (χ3v) is 2.86.